The van der Waals surface area contributed by atoms with Crippen LogP contribution >= 0.6 is 11.6 Å². The summed E-state index contributed by atoms with van der Waals surface area (Å²) in [6, 6.07) is 23.1. The predicted molar refractivity (Wildman–Crippen MR) is 125 cm³/mol. The molecule has 0 atom stereocenters. The maximum atomic E-state index is 13.3. The van der Waals surface area contributed by atoms with Crippen LogP contribution in [0.1, 0.15) is 18.1 Å². The number of benzene rings is 3. The number of nitrogens with one attached hydrogen (secondary N) is 2. The monoisotopic (exact) mass is 445 g/mol. The second kappa shape index (κ2) is 9.08. The van der Waals surface area contributed by atoms with Gasteiger partial charge in [-0.2, -0.15) is 0 Å². The zero-order chi connectivity index (χ0) is 22.7. The Bertz CT molecular complexity index is 1220. The molecule has 0 aromatic heterocycles. The molecule has 32 heavy (non-hydrogen) atoms. The van der Waals surface area contributed by atoms with Crippen LogP contribution in [-0.2, 0) is 20.9 Å². The van der Waals surface area contributed by atoms with Crippen LogP contribution in [0, 0.1) is 0 Å². The van der Waals surface area contributed by atoms with E-state index in [1.165, 1.54) is 11.8 Å². The lowest BCUT2D eigenvalue weighted by molar-refractivity contribution is -0.137. The molecule has 2 N–H and O–H groups in total. The Morgan fingerprint density at radius 1 is 0.844 bits per heavy atom. The van der Waals surface area contributed by atoms with Gasteiger partial charge in [0.25, 0.3) is 11.8 Å². The Kier molecular flexibility index (Phi) is 6.05. The number of hydrogen-bond acceptors (Lipinski definition) is 4. The van der Waals surface area contributed by atoms with Gasteiger partial charge in [0.05, 0.1) is 12.1 Å². The van der Waals surface area contributed by atoms with Crippen molar-refractivity contribution in [1.82, 2.24) is 4.90 Å². The fourth-order valence-electron chi connectivity index (χ4n) is 3.49. The van der Waals surface area contributed by atoms with Crippen LogP contribution in [0.15, 0.2) is 84.6 Å². The molecule has 6 nitrogen and oxygen atoms in total. The normalized spacial score (nSPS) is 13.5. The molecule has 1 aliphatic rings. The van der Waals surface area contributed by atoms with Gasteiger partial charge in [-0.05, 0) is 41.5 Å². The summed E-state index contributed by atoms with van der Waals surface area (Å²) in [4.78, 5) is 39.1. The zero-order valence-corrected chi connectivity index (χ0v) is 18.0. The molecule has 0 saturated carbocycles. The molecule has 0 bridgehead atoms. The molecule has 3 aromatic rings. The van der Waals surface area contributed by atoms with Crippen molar-refractivity contribution < 1.29 is 14.4 Å². The third kappa shape index (κ3) is 4.40. The molecule has 1 aliphatic heterocycles. The summed E-state index contributed by atoms with van der Waals surface area (Å²) in [5, 5.41) is 6.29. The van der Waals surface area contributed by atoms with E-state index in [4.69, 9.17) is 11.6 Å². The highest BCUT2D eigenvalue weighted by Gasteiger charge is 2.39. The maximum absolute atomic E-state index is 13.3. The highest BCUT2D eigenvalue weighted by atomic mass is 35.5. The minimum absolute atomic E-state index is 0.0698. The third-order valence-corrected chi connectivity index (χ3v) is 5.36. The van der Waals surface area contributed by atoms with Gasteiger partial charge in [0, 0.05) is 23.3 Å². The SMILES string of the molecule is CC(=O)Nc1ccc(NC2=C(c3ccccc3)C(=O)N(Cc3ccccc3Cl)C2=O)cc1. The largest absolute Gasteiger partial charge is 0.350 e. The molecule has 0 saturated heterocycles. The number of anilines is 2. The van der Waals surface area contributed by atoms with Gasteiger partial charge in [-0.25, -0.2) is 0 Å². The van der Waals surface area contributed by atoms with Gasteiger partial charge in [0.15, 0.2) is 0 Å². The van der Waals surface area contributed by atoms with E-state index in [0.717, 1.165) is 0 Å². The lowest BCUT2D eigenvalue weighted by Gasteiger charge is -2.16. The molecule has 7 heteroatoms. The molecule has 0 aliphatic carbocycles. The third-order valence-electron chi connectivity index (χ3n) is 4.99. The summed E-state index contributed by atoms with van der Waals surface area (Å²) < 4.78 is 0. The highest BCUT2D eigenvalue weighted by molar-refractivity contribution is 6.36. The Hall–Kier alpha value is -3.90. The van der Waals surface area contributed by atoms with Crippen molar-refractivity contribution in [3.63, 3.8) is 0 Å². The van der Waals surface area contributed by atoms with E-state index in [-0.39, 0.29) is 18.1 Å². The van der Waals surface area contributed by atoms with E-state index in [9.17, 15) is 14.4 Å². The minimum Gasteiger partial charge on any atom is -0.350 e. The number of imide groups is 1. The first-order valence-corrected chi connectivity index (χ1v) is 10.4. The van der Waals surface area contributed by atoms with Crippen molar-refractivity contribution in [3.05, 3.63) is 101 Å². The van der Waals surface area contributed by atoms with E-state index in [0.29, 0.717) is 33.1 Å². The minimum atomic E-state index is -0.431. The smallest absolute Gasteiger partial charge is 0.278 e. The summed E-state index contributed by atoms with van der Waals surface area (Å²) in [6.45, 7) is 1.50. The van der Waals surface area contributed by atoms with Crippen molar-refractivity contribution >= 4 is 46.3 Å². The summed E-state index contributed by atoms with van der Waals surface area (Å²) in [6.07, 6.45) is 0. The average Bonchev–Trinajstić information content (AvgIpc) is 3.01. The standard InChI is InChI=1S/C25H20ClN3O3/c1-16(30)27-19-11-13-20(14-12-19)28-23-22(17-7-3-2-4-8-17)24(31)29(25(23)32)15-18-9-5-6-10-21(18)26/h2-14,28H,15H2,1H3,(H,27,30). The van der Waals surface area contributed by atoms with Crippen molar-refractivity contribution in [2.45, 2.75) is 13.5 Å². The molecule has 160 valence electrons. The van der Waals surface area contributed by atoms with E-state index in [1.54, 1.807) is 54.6 Å². The van der Waals surface area contributed by atoms with Crippen molar-refractivity contribution in [1.29, 1.82) is 0 Å². The molecule has 0 spiro atoms. The lowest BCUT2D eigenvalue weighted by Crippen LogP contribution is -2.32. The number of nitrogens with zero attached hydrogens (tertiary/aromatic N) is 1. The Balaban J connectivity index is 1.68. The lowest BCUT2D eigenvalue weighted by atomic mass is 10.0. The first-order chi connectivity index (χ1) is 15.4. The second-order valence-electron chi connectivity index (χ2n) is 7.29. The Morgan fingerprint density at radius 3 is 2.12 bits per heavy atom. The van der Waals surface area contributed by atoms with E-state index in [1.807, 2.05) is 24.3 Å². The van der Waals surface area contributed by atoms with Gasteiger partial charge in [-0.3, -0.25) is 19.3 Å². The van der Waals surface area contributed by atoms with E-state index in [2.05, 4.69) is 10.6 Å². The van der Waals surface area contributed by atoms with Gasteiger partial charge in [-0.1, -0.05) is 60.1 Å². The molecular formula is C25H20ClN3O3. The van der Waals surface area contributed by atoms with Crippen LogP contribution < -0.4 is 10.6 Å². The van der Waals surface area contributed by atoms with Gasteiger partial charge < -0.3 is 10.6 Å². The second-order valence-corrected chi connectivity index (χ2v) is 7.69. The Morgan fingerprint density at radius 2 is 1.47 bits per heavy atom. The molecule has 3 amide bonds. The van der Waals surface area contributed by atoms with Crippen LogP contribution in [0.5, 0.6) is 0 Å². The quantitative estimate of drug-likeness (QED) is 0.539. The fourth-order valence-corrected chi connectivity index (χ4v) is 3.69. The zero-order valence-electron chi connectivity index (χ0n) is 17.3. The molecule has 1 heterocycles. The average molecular weight is 446 g/mol. The molecule has 0 fully saturated rings. The highest BCUT2D eigenvalue weighted by Crippen LogP contribution is 2.32. The topological polar surface area (TPSA) is 78.5 Å². The van der Waals surface area contributed by atoms with Crippen molar-refractivity contribution in [2.24, 2.45) is 0 Å². The summed E-state index contributed by atoms with van der Waals surface area (Å²) in [7, 11) is 0. The molecule has 4 rings (SSSR count). The number of amides is 3. The van der Waals surface area contributed by atoms with Gasteiger partial charge in [-0.15, -0.1) is 0 Å². The van der Waals surface area contributed by atoms with E-state index < -0.39 is 11.8 Å². The summed E-state index contributed by atoms with van der Waals surface area (Å²) in [5.74, 6) is -0.996. The molecule has 0 radical (unpaired) electrons. The van der Waals surface area contributed by atoms with Gasteiger partial charge >= 0.3 is 0 Å². The number of rotatable bonds is 6. The van der Waals surface area contributed by atoms with Gasteiger partial charge in [0.2, 0.25) is 5.91 Å². The van der Waals surface area contributed by atoms with Crippen LogP contribution in [-0.4, -0.2) is 22.6 Å². The van der Waals surface area contributed by atoms with Crippen molar-refractivity contribution in [3.8, 4) is 0 Å². The van der Waals surface area contributed by atoms with Crippen LogP contribution in [0.25, 0.3) is 5.57 Å². The summed E-state index contributed by atoms with van der Waals surface area (Å²) in [5.41, 5.74) is 3.07. The van der Waals surface area contributed by atoms with Crippen LogP contribution in [0.2, 0.25) is 5.02 Å². The molecule has 3 aromatic carbocycles. The molecular weight excluding hydrogens is 426 g/mol. The number of carbonyl (C=O) groups is 3. The maximum Gasteiger partial charge on any atom is 0.278 e. The number of hydrogen-bond donors (Lipinski definition) is 2. The number of halogens is 1. The Labute approximate surface area is 190 Å². The van der Waals surface area contributed by atoms with E-state index >= 15 is 0 Å². The summed E-state index contributed by atoms with van der Waals surface area (Å²) >= 11 is 6.26. The van der Waals surface area contributed by atoms with Crippen LogP contribution in [0.4, 0.5) is 11.4 Å². The first kappa shape index (κ1) is 21.3. The predicted octanol–water partition coefficient (Wildman–Crippen LogP) is 4.69. The van der Waals surface area contributed by atoms with Crippen LogP contribution in [0.3, 0.4) is 0 Å². The first-order valence-electron chi connectivity index (χ1n) is 9.98. The van der Waals surface area contributed by atoms with Gasteiger partial charge in [0.1, 0.15) is 5.70 Å². The molecule has 0 unspecified atom stereocenters. The van der Waals surface area contributed by atoms with Crippen molar-refractivity contribution in [2.75, 3.05) is 10.6 Å². The number of carbonyl (C=O) groups excluding carboxylic acids is 3. The fraction of sp³-hybridized carbons (Fsp3) is 0.0800.